The molecule has 0 N–H and O–H groups in total. The summed E-state index contributed by atoms with van der Waals surface area (Å²) in [6, 6.07) is 16.1. The third-order valence-corrected chi connectivity index (χ3v) is 5.54. The SMILES string of the molecule is O=C(c1ccccc1Br)N1CCN(c2ccc(=O)n(-c3ccc(F)cc3)n2)CC1. The fraction of sp³-hybridized carbons (Fsp3) is 0.190. The van der Waals surface area contributed by atoms with Crippen LogP contribution in [0.15, 0.2) is 69.9 Å². The molecule has 0 spiro atoms. The van der Waals surface area contributed by atoms with Gasteiger partial charge in [0.25, 0.3) is 11.5 Å². The van der Waals surface area contributed by atoms with Gasteiger partial charge in [-0.2, -0.15) is 4.68 Å². The minimum absolute atomic E-state index is 0.0126. The molecule has 8 heteroatoms. The first-order chi connectivity index (χ1) is 14.0. The zero-order valence-corrected chi connectivity index (χ0v) is 17.0. The summed E-state index contributed by atoms with van der Waals surface area (Å²) in [5, 5.41) is 4.43. The molecule has 1 aliphatic heterocycles. The summed E-state index contributed by atoms with van der Waals surface area (Å²) in [7, 11) is 0. The number of halogens is 2. The van der Waals surface area contributed by atoms with Crippen molar-refractivity contribution >= 4 is 27.7 Å². The maximum atomic E-state index is 13.2. The topological polar surface area (TPSA) is 58.4 Å². The Hall–Kier alpha value is -3.00. The van der Waals surface area contributed by atoms with E-state index in [-0.39, 0.29) is 17.3 Å². The second kappa shape index (κ2) is 8.16. The summed E-state index contributed by atoms with van der Waals surface area (Å²) in [6.45, 7) is 2.31. The molecule has 1 aliphatic rings. The van der Waals surface area contributed by atoms with Crippen LogP contribution in [-0.4, -0.2) is 46.8 Å². The molecule has 0 saturated carbocycles. The number of rotatable bonds is 3. The average molecular weight is 457 g/mol. The van der Waals surface area contributed by atoms with Crippen molar-refractivity contribution in [1.29, 1.82) is 0 Å². The van der Waals surface area contributed by atoms with Crippen molar-refractivity contribution in [3.8, 4) is 5.69 Å². The maximum absolute atomic E-state index is 13.2. The highest BCUT2D eigenvalue weighted by Crippen LogP contribution is 2.20. The normalized spacial score (nSPS) is 14.1. The number of anilines is 1. The molecule has 148 valence electrons. The minimum atomic E-state index is -0.371. The summed E-state index contributed by atoms with van der Waals surface area (Å²) in [6.07, 6.45) is 0. The number of carbonyl (C=O) groups excluding carboxylic acids is 1. The Morgan fingerprint density at radius 3 is 2.31 bits per heavy atom. The Labute approximate surface area is 175 Å². The standard InChI is InChI=1S/C21H18BrFN4O2/c22-18-4-2-1-3-17(18)21(29)26-13-11-25(12-14-26)19-9-10-20(28)27(24-19)16-7-5-15(23)6-8-16/h1-10H,11-14H2. The second-order valence-corrected chi connectivity index (χ2v) is 7.53. The Morgan fingerprint density at radius 1 is 0.931 bits per heavy atom. The predicted molar refractivity (Wildman–Crippen MR) is 112 cm³/mol. The molecular weight excluding hydrogens is 439 g/mol. The minimum Gasteiger partial charge on any atom is -0.352 e. The fourth-order valence-corrected chi connectivity index (χ4v) is 3.74. The molecule has 29 heavy (non-hydrogen) atoms. The van der Waals surface area contributed by atoms with Crippen molar-refractivity contribution < 1.29 is 9.18 Å². The van der Waals surface area contributed by atoms with Gasteiger partial charge in [0.15, 0.2) is 0 Å². The van der Waals surface area contributed by atoms with Gasteiger partial charge in [-0.25, -0.2) is 4.39 Å². The summed E-state index contributed by atoms with van der Waals surface area (Å²) in [5.74, 6) is 0.257. The van der Waals surface area contributed by atoms with Crippen LogP contribution in [0.25, 0.3) is 5.69 Å². The lowest BCUT2D eigenvalue weighted by Crippen LogP contribution is -2.49. The second-order valence-electron chi connectivity index (χ2n) is 6.68. The molecule has 0 radical (unpaired) electrons. The van der Waals surface area contributed by atoms with E-state index in [1.54, 1.807) is 12.1 Å². The number of nitrogens with zero attached hydrogens (tertiary/aromatic N) is 4. The highest BCUT2D eigenvalue weighted by molar-refractivity contribution is 9.10. The lowest BCUT2D eigenvalue weighted by atomic mass is 10.2. The molecule has 1 fully saturated rings. The van der Waals surface area contributed by atoms with Crippen molar-refractivity contribution in [3.63, 3.8) is 0 Å². The highest BCUT2D eigenvalue weighted by atomic mass is 79.9. The maximum Gasteiger partial charge on any atom is 0.271 e. The van der Waals surface area contributed by atoms with Crippen LogP contribution in [0.2, 0.25) is 0 Å². The Kier molecular flexibility index (Phi) is 5.44. The van der Waals surface area contributed by atoms with Crippen LogP contribution in [0.1, 0.15) is 10.4 Å². The molecule has 1 saturated heterocycles. The summed E-state index contributed by atoms with van der Waals surface area (Å²) in [5.41, 5.74) is 0.855. The van der Waals surface area contributed by atoms with Gasteiger partial charge in [0, 0.05) is 36.7 Å². The molecule has 6 nitrogen and oxygen atoms in total. The van der Waals surface area contributed by atoms with Gasteiger partial charge in [0.2, 0.25) is 0 Å². The van der Waals surface area contributed by atoms with E-state index in [0.29, 0.717) is 43.2 Å². The molecule has 4 rings (SSSR count). The lowest BCUT2D eigenvalue weighted by Gasteiger charge is -2.35. The van der Waals surface area contributed by atoms with E-state index in [1.165, 1.54) is 35.0 Å². The summed E-state index contributed by atoms with van der Waals surface area (Å²) >= 11 is 3.43. The van der Waals surface area contributed by atoms with Crippen LogP contribution in [0, 0.1) is 5.82 Å². The van der Waals surface area contributed by atoms with E-state index >= 15 is 0 Å². The van der Waals surface area contributed by atoms with Crippen molar-refractivity contribution in [2.75, 3.05) is 31.1 Å². The van der Waals surface area contributed by atoms with Crippen molar-refractivity contribution in [2.24, 2.45) is 0 Å². The van der Waals surface area contributed by atoms with E-state index in [2.05, 4.69) is 21.0 Å². The van der Waals surface area contributed by atoms with Gasteiger partial charge < -0.3 is 9.80 Å². The van der Waals surface area contributed by atoms with Crippen LogP contribution in [0.4, 0.5) is 10.2 Å². The van der Waals surface area contributed by atoms with E-state index in [4.69, 9.17) is 0 Å². The fourth-order valence-electron chi connectivity index (χ4n) is 3.28. The summed E-state index contributed by atoms with van der Waals surface area (Å²) in [4.78, 5) is 28.8. The third-order valence-electron chi connectivity index (χ3n) is 4.85. The van der Waals surface area contributed by atoms with Crippen LogP contribution in [0.3, 0.4) is 0 Å². The van der Waals surface area contributed by atoms with E-state index in [1.807, 2.05) is 28.0 Å². The summed E-state index contributed by atoms with van der Waals surface area (Å²) < 4.78 is 15.2. The van der Waals surface area contributed by atoms with Crippen LogP contribution < -0.4 is 10.5 Å². The van der Waals surface area contributed by atoms with Crippen LogP contribution in [0.5, 0.6) is 0 Å². The lowest BCUT2D eigenvalue weighted by molar-refractivity contribution is 0.0745. The molecule has 1 aromatic heterocycles. The van der Waals surface area contributed by atoms with Gasteiger partial charge >= 0.3 is 0 Å². The van der Waals surface area contributed by atoms with Crippen molar-refractivity contribution in [2.45, 2.75) is 0 Å². The Morgan fingerprint density at radius 2 is 1.62 bits per heavy atom. The van der Waals surface area contributed by atoms with Gasteiger partial charge in [-0.05, 0) is 58.4 Å². The molecule has 0 unspecified atom stereocenters. The van der Waals surface area contributed by atoms with Gasteiger partial charge in [-0.3, -0.25) is 9.59 Å². The number of benzene rings is 2. The molecule has 2 heterocycles. The predicted octanol–water partition coefficient (Wildman–Crippen LogP) is 3.10. The number of hydrogen-bond donors (Lipinski definition) is 0. The number of piperazine rings is 1. The highest BCUT2D eigenvalue weighted by Gasteiger charge is 2.24. The van der Waals surface area contributed by atoms with Crippen LogP contribution in [-0.2, 0) is 0 Å². The monoisotopic (exact) mass is 456 g/mol. The largest absolute Gasteiger partial charge is 0.352 e. The molecule has 3 aromatic rings. The van der Waals surface area contributed by atoms with Gasteiger partial charge in [0.1, 0.15) is 11.6 Å². The first kappa shape index (κ1) is 19.3. The zero-order chi connectivity index (χ0) is 20.4. The number of aromatic nitrogens is 2. The number of amides is 1. The smallest absolute Gasteiger partial charge is 0.271 e. The molecule has 0 aliphatic carbocycles. The average Bonchev–Trinajstić information content (AvgIpc) is 2.75. The number of hydrogen-bond acceptors (Lipinski definition) is 4. The van der Waals surface area contributed by atoms with Crippen molar-refractivity contribution in [3.05, 3.63) is 86.9 Å². The molecule has 1 amide bonds. The van der Waals surface area contributed by atoms with E-state index in [0.717, 1.165) is 4.47 Å². The number of carbonyl (C=O) groups is 1. The van der Waals surface area contributed by atoms with Gasteiger partial charge in [-0.15, -0.1) is 5.10 Å². The zero-order valence-electron chi connectivity index (χ0n) is 15.5. The Bertz CT molecular complexity index is 1090. The Balaban J connectivity index is 1.50. The van der Waals surface area contributed by atoms with Gasteiger partial charge in [-0.1, -0.05) is 12.1 Å². The molecule has 0 atom stereocenters. The first-order valence-electron chi connectivity index (χ1n) is 9.18. The van der Waals surface area contributed by atoms with Crippen molar-refractivity contribution in [1.82, 2.24) is 14.7 Å². The van der Waals surface area contributed by atoms with Crippen LogP contribution >= 0.6 is 15.9 Å². The third kappa shape index (κ3) is 4.07. The van der Waals surface area contributed by atoms with Gasteiger partial charge in [0.05, 0.1) is 11.3 Å². The quantitative estimate of drug-likeness (QED) is 0.607. The van der Waals surface area contributed by atoms with E-state index < -0.39 is 0 Å². The first-order valence-corrected chi connectivity index (χ1v) is 9.97. The molecule has 2 aromatic carbocycles. The molecular formula is C21H18BrFN4O2. The molecule has 0 bridgehead atoms. The van der Waals surface area contributed by atoms with E-state index in [9.17, 15) is 14.0 Å².